The van der Waals surface area contributed by atoms with E-state index in [1.807, 2.05) is 18.5 Å². The summed E-state index contributed by atoms with van der Waals surface area (Å²) in [6, 6.07) is 21.5. The second-order valence-corrected chi connectivity index (χ2v) is 8.11. The van der Waals surface area contributed by atoms with Crippen molar-refractivity contribution in [1.29, 1.82) is 5.26 Å². The van der Waals surface area contributed by atoms with Crippen molar-refractivity contribution in [3.63, 3.8) is 0 Å². The minimum absolute atomic E-state index is 0.0320. The highest BCUT2D eigenvalue weighted by atomic mass is 15.2. The largest absolute Gasteiger partial charge is 0.369 e. The van der Waals surface area contributed by atoms with Crippen molar-refractivity contribution in [1.82, 2.24) is 15.6 Å². The second kappa shape index (κ2) is 9.48. The first-order valence-corrected chi connectivity index (χ1v) is 10.8. The number of hydrogen-bond donors (Lipinski definition) is 3. The van der Waals surface area contributed by atoms with Crippen molar-refractivity contribution < 1.29 is 0 Å². The third-order valence-corrected chi connectivity index (χ3v) is 6.34. The molecule has 0 saturated heterocycles. The Kier molecular flexibility index (Phi) is 6.32. The van der Waals surface area contributed by atoms with Gasteiger partial charge in [-0.2, -0.15) is 5.26 Å². The average molecular weight is 413 g/mol. The fraction of sp³-hybridized carbons (Fsp3) is 0.320. The zero-order valence-electron chi connectivity index (χ0n) is 17.8. The van der Waals surface area contributed by atoms with Crippen LogP contribution >= 0.6 is 0 Å². The topological polar surface area (TPSA) is 85.1 Å². The monoisotopic (exact) mass is 412 g/mol. The Morgan fingerprint density at radius 1 is 1.10 bits per heavy atom. The minimum Gasteiger partial charge on any atom is -0.369 e. The maximum Gasteiger partial charge on any atom is 0.209 e. The zero-order chi connectivity index (χ0) is 21.5. The third kappa shape index (κ3) is 4.61. The van der Waals surface area contributed by atoms with Gasteiger partial charge in [0.2, 0.25) is 12.2 Å². The van der Waals surface area contributed by atoms with Crippen LogP contribution in [0.2, 0.25) is 0 Å². The highest BCUT2D eigenvalue weighted by Gasteiger charge is 2.37. The minimum atomic E-state index is 0.0320. The number of aliphatic imine (C=N–C) groups is 1. The number of nitrogens with zero attached hydrogens (tertiary/aromatic N) is 3. The predicted octanol–water partition coefficient (Wildman–Crippen LogP) is 4.17. The summed E-state index contributed by atoms with van der Waals surface area (Å²) >= 11 is 0. The number of nitrogens with one attached hydrogen (secondary N) is 3. The molecule has 1 aromatic heterocycles. The van der Waals surface area contributed by atoms with Gasteiger partial charge < -0.3 is 16.0 Å². The van der Waals surface area contributed by atoms with Crippen LogP contribution in [0.5, 0.6) is 0 Å². The molecule has 6 nitrogen and oxygen atoms in total. The number of benzene rings is 2. The quantitative estimate of drug-likeness (QED) is 0.333. The van der Waals surface area contributed by atoms with Gasteiger partial charge in [-0.05, 0) is 42.7 Å². The van der Waals surface area contributed by atoms with Crippen molar-refractivity contribution in [2.75, 3.05) is 18.9 Å². The standard InChI is InChI=1S/C25H28N6/c1-27-24(30-18-26)31-21-11-14-25(15-12-21,20-8-3-2-4-9-20)17-29-23-22-10-6-5-7-19(22)13-16-28-23/h2-10,13,16,21H,11-12,14-15,17H2,1H3,(H,28,29)(H2,27,30,31)/t21-,25+. The van der Waals surface area contributed by atoms with Gasteiger partial charge in [-0.25, -0.2) is 4.98 Å². The molecule has 1 saturated carbocycles. The normalized spacial score (nSPS) is 21.3. The maximum atomic E-state index is 8.85. The fourth-order valence-electron chi connectivity index (χ4n) is 4.59. The first kappa shape index (κ1) is 20.7. The Hall–Kier alpha value is -3.59. The zero-order valence-corrected chi connectivity index (χ0v) is 17.8. The molecule has 158 valence electrons. The number of nitriles is 1. The van der Waals surface area contributed by atoms with Crippen molar-refractivity contribution in [3.05, 3.63) is 72.4 Å². The number of rotatable bonds is 5. The van der Waals surface area contributed by atoms with E-state index in [0.29, 0.717) is 12.0 Å². The molecule has 0 spiro atoms. The van der Waals surface area contributed by atoms with E-state index in [4.69, 9.17) is 5.26 Å². The van der Waals surface area contributed by atoms with Crippen molar-refractivity contribution in [2.24, 2.45) is 4.99 Å². The third-order valence-electron chi connectivity index (χ3n) is 6.34. The summed E-state index contributed by atoms with van der Waals surface area (Å²) in [7, 11) is 1.78. The Balaban J connectivity index is 1.54. The number of aromatic nitrogens is 1. The number of anilines is 1. The Morgan fingerprint density at radius 2 is 1.84 bits per heavy atom. The van der Waals surface area contributed by atoms with Crippen LogP contribution in [-0.2, 0) is 5.41 Å². The van der Waals surface area contributed by atoms with Crippen molar-refractivity contribution >= 4 is 22.5 Å². The lowest BCUT2D eigenvalue weighted by molar-refractivity contribution is 0.271. The number of pyridine rings is 1. The summed E-state index contributed by atoms with van der Waals surface area (Å²) in [5.74, 6) is 1.48. The Morgan fingerprint density at radius 3 is 2.58 bits per heavy atom. The lowest BCUT2D eigenvalue weighted by Crippen LogP contribution is -2.47. The van der Waals surface area contributed by atoms with E-state index >= 15 is 0 Å². The highest BCUT2D eigenvalue weighted by Crippen LogP contribution is 2.40. The molecule has 31 heavy (non-hydrogen) atoms. The molecule has 2 aromatic carbocycles. The van der Waals surface area contributed by atoms with Crippen molar-refractivity contribution in [2.45, 2.75) is 37.1 Å². The smallest absolute Gasteiger partial charge is 0.209 e. The van der Waals surface area contributed by atoms with Gasteiger partial charge in [0.05, 0.1) is 0 Å². The van der Waals surface area contributed by atoms with Gasteiger partial charge in [-0.3, -0.25) is 0 Å². The molecular formula is C25H28N6. The van der Waals surface area contributed by atoms with Crippen LogP contribution in [0, 0.1) is 11.5 Å². The highest BCUT2D eigenvalue weighted by molar-refractivity contribution is 5.91. The summed E-state index contributed by atoms with van der Waals surface area (Å²) in [5, 5.41) is 21.2. The molecule has 3 N–H and O–H groups in total. The lowest BCUT2D eigenvalue weighted by Gasteiger charge is -2.41. The molecule has 1 aliphatic carbocycles. The summed E-state index contributed by atoms with van der Waals surface area (Å²) in [4.78, 5) is 8.44. The van der Waals surface area contributed by atoms with Gasteiger partial charge in [0.25, 0.3) is 0 Å². The van der Waals surface area contributed by atoms with Crippen LogP contribution in [0.3, 0.4) is 0 Å². The fourth-order valence-corrected chi connectivity index (χ4v) is 4.59. The van der Waals surface area contributed by atoms with E-state index in [9.17, 15) is 0 Å². The van der Waals surface area contributed by atoms with E-state index in [2.05, 4.69) is 80.5 Å². The molecule has 0 aliphatic heterocycles. The van der Waals surface area contributed by atoms with E-state index in [-0.39, 0.29) is 5.41 Å². The van der Waals surface area contributed by atoms with E-state index in [1.165, 1.54) is 10.9 Å². The number of guanidine groups is 1. The molecule has 0 radical (unpaired) electrons. The van der Waals surface area contributed by atoms with Crippen LogP contribution in [0.15, 0.2) is 71.9 Å². The summed E-state index contributed by atoms with van der Waals surface area (Å²) < 4.78 is 0. The molecular weight excluding hydrogens is 384 g/mol. The van der Waals surface area contributed by atoms with E-state index in [1.54, 1.807) is 7.05 Å². The molecule has 0 atom stereocenters. The summed E-state index contributed by atoms with van der Waals surface area (Å²) in [6.45, 7) is 0.829. The first-order chi connectivity index (χ1) is 15.2. The molecule has 1 fully saturated rings. The van der Waals surface area contributed by atoms with Gasteiger partial charge in [0.1, 0.15) is 5.82 Å². The van der Waals surface area contributed by atoms with Gasteiger partial charge >= 0.3 is 0 Å². The molecule has 1 heterocycles. The number of fused-ring (bicyclic) bond motifs is 1. The molecule has 0 amide bonds. The summed E-state index contributed by atoms with van der Waals surface area (Å²) in [6.07, 6.45) is 7.81. The van der Waals surface area contributed by atoms with E-state index in [0.717, 1.165) is 43.4 Å². The number of hydrogen-bond acceptors (Lipinski definition) is 4. The average Bonchev–Trinajstić information content (AvgIpc) is 2.84. The van der Waals surface area contributed by atoms with Crippen LogP contribution in [-0.4, -0.2) is 30.6 Å². The SMILES string of the molecule is CN/C(=N\C#N)N[C@H]1CC[C@@](CNc2nccc3ccccc23)(c2ccccc2)CC1. The predicted molar refractivity (Wildman–Crippen MR) is 126 cm³/mol. The van der Waals surface area contributed by atoms with Crippen molar-refractivity contribution in [3.8, 4) is 6.19 Å². The van der Waals surface area contributed by atoms with Crippen LogP contribution < -0.4 is 16.0 Å². The van der Waals surface area contributed by atoms with Gasteiger partial charge in [0, 0.05) is 36.6 Å². The Labute approximate surface area is 183 Å². The maximum absolute atomic E-state index is 8.85. The lowest BCUT2D eigenvalue weighted by atomic mass is 9.68. The second-order valence-electron chi connectivity index (χ2n) is 8.11. The van der Waals surface area contributed by atoms with Crippen LogP contribution in [0.4, 0.5) is 5.82 Å². The molecule has 6 heteroatoms. The summed E-state index contributed by atoms with van der Waals surface area (Å²) in [5.41, 5.74) is 1.39. The van der Waals surface area contributed by atoms with E-state index < -0.39 is 0 Å². The van der Waals surface area contributed by atoms with Gasteiger partial charge in [-0.15, -0.1) is 4.99 Å². The Bertz CT molecular complexity index is 1070. The van der Waals surface area contributed by atoms with Crippen LogP contribution in [0.1, 0.15) is 31.2 Å². The van der Waals surface area contributed by atoms with Gasteiger partial charge in [0.15, 0.2) is 0 Å². The molecule has 4 rings (SSSR count). The first-order valence-electron chi connectivity index (χ1n) is 10.8. The molecule has 1 aliphatic rings. The van der Waals surface area contributed by atoms with Crippen LogP contribution in [0.25, 0.3) is 10.8 Å². The molecule has 3 aromatic rings. The van der Waals surface area contributed by atoms with Gasteiger partial charge in [-0.1, -0.05) is 54.6 Å². The molecule has 0 unspecified atom stereocenters. The molecule has 0 bridgehead atoms.